The molecule has 0 aromatic carbocycles. The van der Waals surface area contributed by atoms with E-state index in [1.165, 1.54) is 69.5 Å². The summed E-state index contributed by atoms with van der Waals surface area (Å²) in [6, 6.07) is 1.43. The minimum Gasteiger partial charge on any atom is -0.286 e. The number of hydrogen-bond acceptors (Lipinski definition) is 2. The first-order chi connectivity index (χ1) is 8.63. The van der Waals surface area contributed by atoms with Crippen LogP contribution in [0.5, 0.6) is 0 Å². The largest absolute Gasteiger partial charge is 0.286 e. The molecule has 0 radical (unpaired) electrons. The fourth-order valence-electron chi connectivity index (χ4n) is 3.64. The van der Waals surface area contributed by atoms with Crippen molar-refractivity contribution >= 4 is 9.52 Å². The molecule has 2 nitrogen and oxygen atoms in total. The molecule has 0 spiro atoms. The Bertz CT molecular complexity index is 262. The molecule has 0 atom stereocenters. The molecular formula is C15H30N2Si. The molecule has 0 unspecified atom stereocenters. The van der Waals surface area contributed by atoms with E-state index in [4.69, 9.17) is 0 Å². The maximum Gasteiger partial charge on any atom is 0.0705 e. The van der Waals surface area contributed by atoms with Gasteiger partial charge in [0.1, 0.15) is 0 Å². The summed E-state index contributed by atoms with van der Waals surface area (Å²) in [4.78, 5) is 5.54. The van der Waals surface area contributed by atoms with E-state index in [1.54, 1.807) is 0 Å². The minimum absolute atomic E-state index is 0.0353. The van der Waals surface area contributed by atoms with Gasteiger partial charge in [-0.2, -0.15) is 0 Å². The Balaban J connectivity index is 1.98. The van der Waals surface area contributed by atoms with Crippen LogP contribution < -0.4 is 0 Å². The van der Waals surface area contributed by atoms with E-state index in [0.717, 1.165) is 0 Å². The highest BCUT2D eigenvalue weighted by molar-refractivity contribution is 6.44. The lowest BCUT2D eigenvalue weighted by Crippen LogP contribution is -2.56. The van der Waals surface area contributed by atoms with Crippen LogP contribution >= 0.6 is 0 Å². The molecule has 0 aromatic heterocycles. The Kier molecular flexibility index (Phi) is 5.04. The molecule has 104 valence electrons. The summed E-state index contributed by atoms with van der Waals surface area (Å²) in [5.41, 5.74) is 0.357. The standard InChI is InChI=1S/C15H30N2Si/c1-14(2)18-13-8-15(3,16-9-4-5-10-16)17-11-6-7-12-17/h1,4-13,18H2,2-3H3. The fraction of sp³-hybridized carbons (Fsp3) is 0.867. The Labute approximate surface area is 115 Å². The van der Waals surface area contributed by atoms with Crippen molar-refractivity contribution in [3.63, 3.8) is 0 Å². The highest BCUT2D eigenvalue weighted by Crippen LogP contribution is 2.32. The van der Waals surface area contributed by atoms with Crippen molar-refractivity contribution in [3.8, 4) is 0 Å². The van der Waals surface area contributed by atoms with E-state index in [9.17, 15) is 0 Å². The molecule has 2 rings (SSSR count). The van der Waals surface area contributed by atoms with E-state index in [2.05, 4.69) is 30.2 Å². The lowest BCUT2D eigenvalue weighted by molar-refractivity contribution is -0.0213. The highest BCUT2D eigenvalue weighted by atomic mass is 28.2. The Morgan fingerprint density at radius 1 is 1.06 bits per heavy atom. The van der Waals surface area contributed by atoms with E-state index in [0.29, 0.717) is 5.66 Å². The zero-order valence-corrected chi connectivity index (χ0v) is 13.8. The molecule has 0 aliphatic carbocycles. The van der Waals surface area contributed by atoms with Gasteiger partial charge in [-0.25, -0.2) is 0 Å². The fourth-order valence-corrected chi connectivity index (χ4v) is 5.09. The van der Waals surface area contributed by atoms with Crippen LogP contribution in [0.2, 0.25) is 6.04 Å². The van der Waals surface area contributed by atoms with E-state index >= 15 is 0 Å². The van der Waals surface area contributed by atoms with Gasteiger partial charge in [0, 0.05) is 9.52 Å². The second-order valence-electron chi connectivity index (χ2n) is 6.42. The maximum absolute atomic E-state index is 4.10. The Morgan fingerprint density at radius 2 is 1.50 bits per heavy atom. The van der Waals surface area contributed by atoms with Crippen LogP contribution in [-0.2, 0) is 0 Å². The van der Waals surface area contributed by atoms with Crippen LogP contribution in [0.3, 0.4) is 0 Å². The van der Waals surface area contributed by atoms with Gasteiger partial charge >= 0.3 is 0 Å². The van der Waals surface area contributed by atoms with Crippen LogP contribution in [0.25, 0.3) is 0 Å². The third kappa shape index (κ3) is 3.25. The zero-order valence-electron chi connectivity index (χ0n) is 12.4. The number of hydrogen-bond donors (Lipinski definition) is 0. The molecule has 2 saturated heterocycles. The van der Waals surface area contributed by atoms with Gasteiger partial charge in [0.15, 0.2) is 0 Å². The van der Waals surface area contributed by atoms with Gasteiger partial charge in [0.2, 0.25) is 0 Å². The monoisotopic (exact) mass is 266 g/mol. The molecule has 2 heterocycles. The second-order valence-corrected chi connectivity index (χ2v) is 8.83. The van der Waals surface area contributed by atoms with Gasteiger partial charge in [-0.3, -0.25) is 9.80 Å². The third-order valence-corrected chi connectivity index (χ3v) is 6.39. The first kappa shape index (κ1) is 14.3. The first-order valence-electron chi connectivity index (χ1n) is 7.77. The molecule has 3 heteroatoms. The molecule has 2 fully saturated rings. The molecule has 0 N–H and O–H groups in total. The lowest BCUT2D eigenvalue weighted by atomic mass is 10.1. The van der Waals surface area contributed by atoms with Gasteiger partial charge in [0.05, 0.1) is 5.66 Å². The van der Waals surface area contributed by atoms with Crippen LogP contribution in [0.15, 0.2) is 11.8 Å². The van der Waals surface area contributed by atoms with Crippen LogP contribution in [0.4, 0.5) is 0 Å². The zero-order chi connectivity index (χ0) is 13.0. The van der Waals surface area contributed by atoms with Crippen molar-refractivity contribution in [2.75, 3.05) is 26.2 Å². The summed E-state index contributed by atoms with van der Waals surface area (Å²) in [6.07, 6.45) is 6.98. The van der Waals surface area contributed by atoms with Crippen LogP contribution in [0.1, 0.15) is 46.0 Å². The lowest BCUT2D eigenvalue weighted by Gasteiger charge is -2.46. The van der Waals surface area contributed by atoms with Crippen molar-refractivity contribution in [1.82, 2.24) is 9.80 Å². The van der Waals surface area contributed by atoms with Gasteiger partial charge < -0.3 is 0 Å². The van der Waals surface area contributed by atoms with E-state index < -0.39 is 0 Å². The average Bonchev–Trinajstić information content (AvgIpc) is 3.02. The summed E-state index contributed by atoms with van der Waals surface area (Å²) < 4.78 is 0. The van der Waals surface area contributed by atoms with Gasteiger partial charge in [-0.1, -0.05) is 11.2 Å². The van der Waals surface area contributed by atoms with Crippen LogP contribution in [-0.4, -0.2) is 51.2 Å². The molecule has 2 aliphatic rings. The SMILES string of the molecule is C=C(C)[SiH2]CCC(C)(N1CCCC1)N1CCCC1. The smallest absolute Gasteiger partial charge is 0.0705 e. The van der Waals surface area contributed by atoms with Crippen molar-refractivity contribution in [1.29, 1.82) is 0 Å². The van der Waals surface area contributed by atoms with E-state index in [-0.39, 0.29) is 9.52 Å². The van der Waals surface area contributed by atoms with Crippen molar-refractivity contribution < 1.29 is 0 Å². The van der Waals surface area contributed by atoms with Crippen molar-refractivity contribution in [2.24, 2.45) is 0 Å². The molecule has 0 bridgehead atoms. The number of likely N-dealkylation sites (tertiary alicyclic amines) is 2. The van der Waals surface area contributed by atoms with Gasteiger partial charge in [-0.15, -0.1) is 6.58 Å². The minimum atomic E-state index is -0.0353. The molecule has 18 heavy (non-hydrogen) atoms. The number of rotatable bonds is 6. The Hall–Kier alpha value is -0.123. The highest BCUT2D eigenvalue weighted by Gasteiger charge is 2.39. The molecule has 0 amide bonds. The normalized spacial score (nSPS) is 23.4. The van der Waals surface area contributed by atoms with Crippen LogP contribution in [0, 0.1) is 0 Å². The summed E-state index contributed by atoms with van der Waals surface area (Å²) in [7, 11) is -0.0353. The summed E-state index contributed by atoms with van der Waals surface area (Å²) in [5.74, 6) is 0. The number of allylic oxidation sites excluding steroid dienone is 1. The molecular weight excluding hydrogens is 236 g/mol. The quantitative estimate of drug-likeness (QED) is 0.681. The summed E-state index contributed by atoms with van der Waals surface area (Å²) >= 11 is 0. The van der Waals surface area contributed by atoms with Gasteiger partial charge in [-0.05, 0) is 72.1 Å². The second kappa shape index (κ2) is 6.35. The maximum atomic E-state index is 4.10. The van der Waals surface area contributed by atoms with E-state index in [1.807, 2.05) is 0 Å². The first-order valence-corrected chi connectivity index (χ1v) is 9.48. The molecule has 2 aliphatic heterocycles. The topological polar surface area (TPSA) is 6.48 Å². The summed E-state index contributed by atoms with van der Waals surface area (Å²) in [6.45, 7) is 14.1. The summed E-state index contributed by atoms with van der Waals surface area (Å²) in [5, 5.41) is 1.47. The van der Waals surface area contributed by atoms with Gasteiger partial charge in [0.25, 0.3) is 0 Å². The predicted octanol–water partition coefficient (Wildman–Crippen LogP) is 2.41. The average molecular weight is 267 g/mol. The Morgan fingerprint density at radius 3 is 1.89 bits per heavy atom. The predicted molar refractivity (Wildman–Crippen MR) is 82.8 cm³/mol. The number of nitrogens with zero attached hydrogens (tertiary/aromatic N) is 2. The molecule has 0 aromatic rings. The van der Waals surface area contributed by atoms with Crippen molar-refractivity contribution in [2.45, 2.75) is 57.7 Å². The van der Waals surface area contributed by atoms with Crippen molar-refractivity contribution in [3.05, 3.63) is 11.8 Å². The third-order valence-electron chi connectivity index (χ3n) is 4.83. The molecule has 0 saturated carbocycles.